The third-order valence-corrected chi connectivity index (χ3v) is 2.03. The van der Waals surface area contributed by atoms with E-state index in [1.54, 1.807) is 6.07 Å². The van der Waals surface area contributed by atoms with Gasteiger partial charge < -0.3 is 4.74 Å². The average molecular weight is 182 g/mol. The first-order valence-electron chi connectivity index (χ1n) is 4.60. The number of unbranched alkanes of at least 4 members (excludes halogenated alkanes) is 1. The molecule has 0 bridgehead atoms. The first-order chi connectivity index (χ1) is 6.27. The molecule has 0 N–H and O–H groups in total. The standard InChI is InChI=1S/C11H15FO/c1-3-4-5-9-6-7-10(12)11(8-9)13-2/h6-8H,3-5H2,1-2H3. The minimum Gasteiger partial charge on any atom is -0.494 e. The van der Waals surface area contributed by atoms with Crippen molar-refractivity contribution >= 4 is 0 Å². The van der Waals surface area contributed by atoms with E-state index in [0.29, 0.717) is 5.75 Å². The van der Waals surface area contributed by atoms with Gasteiger partial charge in [0.2, 0.25) is 0 Å². The molecule has 1 aromatic rings. The van der Waals surface area contributed by atoms with Gasteiger partial charge >= 0.3 is 0 Å². The van der Waals surface area contributed by atoms with E-state index in [4.69, 9.17) is 4.74 Å². The Kier molecular flexibility index (Phi) is 3.74. The van der Waals surface area contributed by atoms with Crippen LogP contribution in [0.4, 0.5) is 4.39 Å². The summed E-state index contributed by atoms with van der Waals surface area (Å²) in [6.07, 6.45) is 3.28. The van der Waals surface area contributed by atoms with Crippen molar-refractivity contribution < 1.29 is 9.13 Å². The molecule has 0 radical (unpaired) electrons. The van der Waals surface area contributed by atoms with E-state index in [2.05, 4.69) is 6.92 Å². The molecular weight excluding hydrogens is 167 g/mol. The van der Waals surface area contributed by atoms with Gasteiger partial charge in [-0.3, -0.25) is 0 Å². The maximum absolute atomic E-state index is 13.0. The third-order valence-electron chi connectivity index (χ3n) is 2.03. The highest BCUT2D eigenvalue weighted by molar-refractivity contribution is 5.30. The van der Waals surface area contributed by atoms with Crippen LogP contribution in [-0.2, 0) is 6.42 Å². The van der Waals surface area contributed by atoms with E-state index in [1.165, 1.54) is 13.2 Å². The van der Waals surface area contributed by atoms with Gasteiger partial charge in [0.1, 0.15) is 0 Å². The van der Waals surface area contributed by atoms with Gasteiger partial charge in [0.25, 0.3) is 0 Å². The van der Waals surface area contributed by atoms with Crippen molar-refractivity contribution in [1.29, 1.82) is 0 Å². The predicted molar refractivity (Wildman–Crippen MR) is 51.6 cm³/mol. The van der Waals surface area contributed by atoms with Crippen LogP contribution in [0.3, 0.4) is 0 Å². The summed E-state index contributed by atoms with van der Waals surface area (Å²) in [6.45, 7) is 2.14. The highest BCUT2D eigenvalue weighted by atomic mass is 19.1. The summed E-state index contributed by atoms with van der Waals surface area (Å²) in [4.78, 5) is 0. The van der Waals surface area contributed by atoms with Crippen molar-refractivity contribution in [2.45, 2.75) is 26.2 Å². The Balaban J connectivity index is 2.74. The zero-order chi connectivity index (χ0) is 9.68. The Labute approximate surface area is 78.5 Å². The van der Waals surface area contributed by atoms with Crippen LogP contribution in [0, 0.1) is 5.82 Å². The molecule has 0 heterocycles. The smallest absolute Gasteiger partial charge is 0.165 e. The van der Waals surface area contributed by atoms with Crippen molar-refractivity contribution in [2.75, 3.05) is 7.11 Å². The molecule has 0 saturated carbocycles. The van der Waals surface area contributed by atoms with E-state index >= 15 is 0 Å². The van der Waals surface area contributed by atoms with Gasteiger partial charge in [0.15, 0.2) is 11.6 Å². The Morgan fingerprint density at radius 3 is 2.77 bits per heavy atom. The molecule has 0 amide bonds. The van der Waals surface area contributed by atoms with Crippen LogP contribution in [0.25, 0.3) is 0 Å². The lowest BCUT2D eigenvalue weighted by Gasteiger charge is -2.04. The number of hydrogen-bond donors (Lipinski definition) is 0. The fraction of sp³-hybridized carbons (Fsp3) is 0.455. The largest absolute Gasteiger partial charge is 0.494 e. The molecule has 0 atom stereocenters. The Hall–Kier alpha value is -1.05. The molecular formula is C11H15FO. The molecule has 0 unspecified atom stereocenters. The van der Waals surface area contributed by atoms with Crippen molar-refractivity contribution in [3.8, 4) is 5.75 Å². The lowest BCUT2D eigenvalue weighted by atomic mass is 10.1. The fourth-order valence-corrected chi connectivity index (χ4v) is 1.24. The summed E-state index contributed by atoms with van der Waals surface area (Å²) in [5, 5.41) is 0. The van der Waals surface area contributed by atoms with Gasteiger partial charge in [-0.2, -0.15) is 0 Å². The molecule has 0 aromatic heterocycles. The summed E-state index contributed by atoms with van der Waals surface area (Å²) in [5.41, 5.74) is 1.14. The maximum Gasteiger partial charge on any atom is 0.165 e. The quantitative estimate of drug-likeness (QED) is 0.695. The normalized spacial score (nSPS) is 10.1. The molecule has 0 aliphatic carbocycles. The van der Waals surface area contributed by atoms with E-state index in [-0.39, 0.29) is 5.82 Å². The predicted octanol–water partition coefficient (Wildman–Crippen LogP) is 3.18. The lowest BCUT2D eigenvalue weighted by molar-refractivity contribution is 0.386. The molecule has 1 rings (SSSR count). The Bertz CT molecular complexity index is 271. The molecule has 0 fully saturated rings. The lowest BCUT2D eigenvalue weighted by Crippen LogP contribution is -1.91. The van der Waals surface area contributed by atoms with E-state index in [9.17, 15) is 4.39 Å². The average Bonchev–Trinajstić information content (AvgIpc) is 2.16. The second-order valence-electron chi connectivity index (χ2n) is 3.07. The van der Waals surface area contributed by atoms with Gasteiger partial charge in [-0.15, -0.1) is 0 Å². The number of aryl methyl sites for hydroxylation is 1. The van der Waals surface area contributed by atoms with E-state index in [0.717, 1.165) is 24.8 Å². The second-order valence-corrected chi connectivity index (χ2v) is 3.07. The monoisotopic (exact) mass is 182 g/mol. The van der Waals surface area contributed by atoms with Gasteiger partial charge in [-0.25, -0.2) is 4.39 Å². The molecule has 0 aliphatic rings. The van der Waals surface area contributed by atoms with Crippen LogP contribution in [0.5, 0.6) is 5.75 Å². The molecule has 72 valence electrons. The van der Waals surface area contributed by atoms with Gasteiger partial charge in [0.05, 0.1) is 7.11 Å². The van der Waals surface area contributed by atoms with Crippen LogP contribution in [0.1, 0.15) is 25.3 Å². The molecule has 0 aliphatic heterocycles. The highest BCUT2D eigenvalue weighted by Gasteiger charge is 2.02. The van der Waals surface area contributed by atoms with Crippen LogP contribution >= 0.6 is 0 Å². The summed E-state index contributed by atoms with van der Waals surface area (Å²) in [6, 6.07) is 5.04. The number of halogens is 1. The van der Waals surface area contributed by atoms with Crippen LogP contribution in [0.15, 0.2) is 18.2 Å². The fourth-order valence-electron chi connectivity index (χ4n) is 1.24. The highest BCUT2D eigenvalue weighted by Crippen LogP contribution is 2.19. The zero-order valence-electron chi connectivity index (χ0n) is 8.14. The minimum absolute atomic E-state index is 0.289. The van der Waals surface area contributed by atoms with E-state index < -0.39 is 0 Å². The van der Waals surface area contributed by atoms with E-state index in [1.807, 2.05) is 6.07 Å². The summed E-state index contributed by atoms with van der Waals surface area (Å²) in [7, 11) is 1.49. The van der Waals surface area contributed by atoms with Crippen molar-refractivity contribution in [3.63, 3.8) is 0 Å². The van der Waals surface area contributed by atoms with Crippen LogP contribution in [0.2, 0.25) is 0 Å². The topological polar surface area (TPSA) is 9.23 Å². The number of benzene rings is 1. The third kappa shape index (κ3) is 2.72. The number of hydrogen-bond acceptors (Lipinski definition) is 1. The van der Waals surface area contributed by atoms with Gasteiger partial charge in [-0.1, -0.05) is 19.4 Å². The van der Waals surface area contributed by atoms with Crippen molar-refractivity contribution in [1.82, 2.24) is 0 Å². The number of rotatable bonds is 4. The Morgan fingerprint density at radius 1 is 1.38 bits per heavy atom. The molecule has 0 saturated heterocycles. The first-order valence-corrected chi connectivity index (χ1v) is 4.60. The number of ether oxygens (including phenoxy) is 1. The van der Waals surface area contributed by atoms with Gasteiger partial charge in [-0.05, 0) is 30.5 Å². The second kappa shape index (κ2) is 4.85. The van der Waals surface area contributed by atoms with Crippen molar-refractivity contribution in [3.05, 3.63) is 29.6 Å². The maximum atomic E-state index is 13.0. The first kappa shape index (κ1) is 10.0. The molecule has 13 heavy (non-hydrogen) atoms. The SMILES string of the molecule is CCCCc1ccc(F)c(OC)c1. The van der Waals surface area contributed by atoms with Crippen LogP contribution < -0.4 is 4.74 Å². The zero-order valence-corrected chi connectivity index (χ0v) is 8.14. The summed E-state index contributed by atoms with van der Waals surface area (Å²) >= 11 is 0. The molecule has 2 heteroatoms. The minimum atomic E-state index is -0.289. The van der Waals surface area contributed by atoms with Gasteiger partial charge in [0, 0.05) is 0 Å². The summed E-state index contributed by atoms with van der Waals surface area (Å²) < 4.78 is 17.9. The molecule has 0 spiro atoms. The van der Waals surface area contributed by atoms with Crippen LogP contribution in [-0.4, -0.2) is 7.11 Å². The summed E-state index contributed by atoms with van der Waals surface area (Å²) in [5.74, 6) is 0.0522. The Morgan fingerprint density at radius 2 is 2.15 bits per heavy atom. The number of methoxy groups -OCH3 is 1. The molecule has 1 nitrogen and oxygen atoms in total. The molecule has 1 aromatic carbocycles. The van der Waals surface area contributed by atoms with Crippen molar-refractivity contribution in [2.24, 2.45) is 0 Å².